The lowest BCUT2D eigenvalue weighted by molar-refractivity contribution is 0.586. The third kappa shape index (κ3) is 2.79. The van der Waals surface area contributed by atoms with Crippen LogP contribution in [0.1, 0.15) is 6.42 Å². The summed E-state index contributed by atoms with van der Waals surface area (Å²) in [6.45, 7) is 0.351. The number of benzene rings is 1. The topological polar surface area (TPSA) is 44.0 Å². The fourth-order valence-corrected chi connectivity index (χ4v) is 2.10. The molecule has 0 saturated carbocycles. The molecule has 1 aromatic carbocycles. The van der Waals surface area contributed by atoms with Crippen LogP contribution < -0.4 is 11.2 Å². The van der Waals surface area contributed by atoms with Crippen molar-refractivity contribution in [1.82, 2.24) is 9.13 Å². The zero-order valence-electron chi connectivity index (χ0n) is 10.7. The van der Waals surface area contributed by atoms with Gasteiger partial charge in [0.1, 0.15) is 0 Å². The highest BCUT2D eigenvalue weighted by molar-refractivity contribution is 6.17. The lowest BCUT2D eigenvalue weighted by atomic mass is 10.1. The number of nitrogens with zero attached hydrogens (tertiary/aromatic N) is 2. The summed E-state index contributed by atoms with van der Waals surface area (Å²) in [5.74, 6) is 0.427. The van der Waals surface area contributed by atoms with E-state index in [1.165, 1.54) is 15.2 Å². The van der Waals surface area contributed by atoms with Gasteiger partial charge in [0, 0.05) is 25.5 Å². The normalized spacial score (nSPS) is 10.6. The van der Waals surface area contributed by atoms with Crippen LogP contribution in [0.25, 0.3) is 11.3 Å². The van der Waals surface area contributed by atoms with Crippen LogP contribution in [0.2, 0.25) is 0 Å². The van der Waals surface area contributed by atoms with Gasteiger partial charge >= 0.3 is 5.69 Å². The van der Waals surface area contributed by atoms with Crippen molar-refractivity contribution in [1.29, 1.82) is 0 Å². The molecule has 2 aromatic rings. The van der Waals surface area contributed by atoms with E-state index >= 15 is 0 Å². The van der Waals surface area contributed by atoms with E-state index in [1.807, 2.05) is 30.3 Å². The summed E-state index contributed by atoms with van der Waals surface area (Å²) in [6.07, 6.45) is 0.599. The van der Waals surface area contributed by atoms with E-state index in [1.54, 1.807) is 7.05 Å². The van der Waals surface area contributed by atoms with Crippen LogP contribution in [0.5, 0.6) is 0 Å². The predicted octanol–water partition coefficient (Wildman–Crippen LogP) is 1.84. The van der Waals surface area contributed by atoms with E-state index in [0.29, 0.717) is 24.5 Å². The molecule has 0 aliphatic carbocycles. The average molecular weight is 279 g/mol. The van der Waals surface area contributed by atoms with Crippen LogP contribution in [-0.2, 0) is 13.6 Å². The zero-order chi connectivity index (χ0) is 13.8. The van der Waals surface area contributed by atoms with Crippen LogP contribution in [0.4, 0.5) is 0 Å². The minimum atomic E-state index is -0.309. The fourth-order valence-electron chi connectivity index (χ4n) is 1.98. The maximum Gasteiger partial charge on any atom is 0.331 e. The lowest BCUT2D eigenvalue weighted by Gasteiger charge is -2.11. The van der Waals surface area contributed by atoms with Gasteiger partial charge in [-0.25, -0.2) is 4.79 Å². The fraction of sp³-hybridized carbons (Fsp3) is 0.286. The molecule has 0 atom stereocenters. The number of halogens is 1. The molecule has 2 rings (SSSR count). The molecule has 0 N–H and O–H groups in total. The Morgan fingerprint density at radius 2 is 1.84 bits per heavy atom. The number of hydrogen-bond acceptors (Lipinski definition) is 2. The largest absolute Gasteiger partial charge is 0.331 e. The minimum absolute atomic E-state index is 0.285. The summed E-state index contributed by atoms with van der Waals surface area (Å²) >= 11 is 5.60. The Balaban J connectivity index is 2.56. The first-order valence-electron chi connectivity index (χ1n) is 6.07. The molecule has 0 saturated heterocycles. The van der Waals surface area contributed by atoms with E-state index < -0.39 is 0 Å². The Labute approximate surface area is 115 Å². The Kier molecular flexibility index (Phi) is 4.22. The van der Waals surface area contributed by atoms with Gasteiger partial charge in [0.15, 0.2) is 0 Å². The molecule has 0 fully saturated rings. The molecule has 4 nitrogen and oxygen atoms in total. The first kappa shape index (κ1) is 13.6. The van der Waals surface area contributed by atoms with Gasteiger partial charge in [-0.2, -0.15) is 0 Å². The predicted molar refractivity (Wildman–Crippen MR) is 76.7 cm³/mol. The van der Waals surface area contributed by atoms with Gasteiger partial charge in [-0.05, 0) is 12.0 Å². The monoisotopic (exact) mass is 278 g/mol. The smallest absolute Gasteiger partial charge is 0.296 e. The number of alkyl halides is 1. The van der Waals surface area contributed by atoms with Gasteiger partial charge in [0.2, 0.25) is 0 Å². The van der Waals surface area contributed by atoms with Crippen molar-refractivity contribution in [2.24, 2.45) is 7.05 Å². The minimum Gasteiger partial charge on any atom is -0.296 e. The summed E-state index contributed by atoms with van der Waals surface area (Å²) in [7, 11) is 1.67. The zero-order valence-corrected chi connectivity index (χ0v) is 11.4. The van der Waals surface area contributed by atoms with Crippen molar-refractivity contribution in [3.8, 4) is 11.3 Å². The Morgan fingerprint density at radius 3 is 2.47 bits per heavy atom. The Morgan fingerprint density at radius 1 is 1.16 bits per heavy atom. The molecule has 100 valence electrons. The van der Waals surface area contributed by atoms with Crippen LogP contribution in [0, 0.1) is 0 Å². The van der Waals surface area contributed by atoms with Gasteiger partial charge < -0.3 is 0 Å². The van der Waals surface area contributed by atoms with Crippen molar-refractivity contribution >= 4 is 11.6 Å². The number of aromatic nitrogens is 2. The maximum absolute atomic E-state index is 12.2. The first-order chi connectivity index (χ1) is 9.15. The third-order valence-electron chi connectivity index (χ3n) is 2.99. The summed E-state index contributed by atoms with van der Waals surface area (Å²) in [5.41, 5.74) is 0.880. The van der Waals surface area contributed by atoms with Gasteiger partial charge in [-0.3, -0.25) is 13.9 Å². The second-order valence-electron chi connectivity index (χ2n) is 4.27. The lowest BCUT2D eigenvalue weighted by Crippen LogP contribution is -2.39. The molecule has 0 amide bonds. The Bertz CT molecular complexity index is 674. The summed E-state index contributed by atoms with van der Waals surface area (Å²) in [4.78, 5) is 24.2. The van der Waals surface area contributed by atoms with E-state index in [2.05, 4.69) is 0 Å². The molecular formula is C14H15ClN2O2. The molecule has 1 heterocycles. The average Bonchev–Trinajstić information content (AvgIpc) is 2.44. The van der Waals surface area contributed by atoms with Crippen molar-refractivity contribution < 1.29 is 0 Å². The third-order valence-corrected chi connectivity index (χ3v) is 3.26. The molecule has 0 spiro atoms. The highest BCUT2D eigenvalue weighted by Gasteiger charge is 2.09. The van der Waals surface area contributed by atoms with Crippen molar-refractivity contribution in [2.45, 2.75) is 13.0 Å². The standard InChI is InChI=1S/C14H15ClN2O2/c1-16-12(11-6-3-2-4-7-11)10-13(18)17(14(16)19)9-5-8-15/h2-4,6-7,10H,5,8-9H2,1H3. The highest BCUT2D eigenvalue weighted by Crippen LogP contribution is 2.14. The number of hydrogen-bond donors (Lipinski definition) is 0. The van der Waals surface area contributed by atoms with E-state index in [4.69, 9.17) is 11.6 Å². The van der Waals surface area contributed by atoms with Crippen molar-refractivity contribution in [3.63, 3.8) is 0 Å². The number of rotatable bonds is 4. The summed E-state index contributed by atoms with van der Waals surface area (Å²) in [6, 6.07) is 10.9. The van der Waals surface area contributed by atoms with E-state index in [-0.39, 0.29) is 11.2 Å². The molecule has 0 radical (unpaired) electrons. The second kappa shape index (κ2) is 5.89. The molecule has 0 bridgehead atoms. The highest BCUT2D eigenvalue weighted by atomic mass is 35.5. The molecule has 0 aliphatic heterocycles. The molecule has 1 aromatic heterocycles. The van der Waals surface area contributed by atoms with Gasteiger partial charge in [-0.1, -0.05) is 30.3 Å². The summed E-state index contributed by atoms with van der Waals surface area (Å²) < 4.78 is 2.71. The second-order valence-corrected chi connectivity index (χ2v) is 4.65. The molecule has 0 unspecified atom stereocenters. The molecule has 5 heteroatoms. The van der Waals surface area contributed by atoms with Crippen molar-refractivity contribution in [3.05, 3.63) is 57.2 Å². The van der Waals surface area contributed by atoms with Crippen molar-refractivity contribution in [2.75, 3.05) is 5.88 Å². The molecule has 19 heavy (non-hydrogen) atoms. The Hall–Kier alpha value is -1.81. The quantitative estimate of drug-likeness (QED) is 0.801. The molecular weight excluding hydrogens is 264 g/mol. The van der Waals surface area contributed by atoms with Gasteiger partial charge in [-0.15, -0.1) is 11.6 Å². The van der Waals surface area contributed by atoms with E-state index in [0.717, 1.165) is 5.56 Å². The van der Waals surface area contributed by atoms with Gasteiger partial charge in [0.25, 0.3) is 5.56 Å². The van der Waals surface area contributed by atoms with Crippen LogP contribution >= 0.6 is 11.6 Å². The van der Waals surface area contributed by atoms with Crippen LogP contribution in [0.3, 0.4) is 0 Å². The molecule has 0 aliphatic rings. The van der Waals surface area contributed by atoms with E-state index in [9.17, 15) is 9.59 Å². The first-order valence-corrected chi connectivity index (χ1v) is 6.61. The maximum atomic E-state index is 12.2. The summed E-state index contributed by atoms with van der Waals surface area (Å²) in [5, 5.41) is 0. The SMILES string of the molecule is Cn1c(-c2ccccc2)cc(=O)n(CCCCl)c1=O. The van der Waals surface area contributed by atoms with Crippen LogP contribution in [-0.4, -0.2) is 15.0 Å². The van der Waals surface area contributed by atoms with Crippen LogP contribution in [0.15, 0.2) is 46.0 Å². The van der Waals surface area contributed by atoms with Gasteiger partial charge in [0.05, 0.1) is 5.69 Å².